The minimum Gasteiger partial charge on any atom is -0.324 e. The van der Waals surface area contributed by atoms with Gasteiger partial charge in [0.1, 0.15) is 0 Å². The van der Waals surface area contributed by atoms with Crippen molar-refractivity contribution in [2.75, 3.05) is 16.8 Å². The zero-order valence-electron chi connectivity index (χ0n) is 16.8. The van der Waals surface area contributed by atoms with E-state index in [1.807, 2.05) is 55.5 Å². The molecule has 5 nitrogen and oxygen atoms in total. The van der Waals surface area contributed by atoms with Crippen molar-refractivity contribution in [2.45, 2.75) is 51.2 Å². The molecule has 2 aliphatic rings. The molecule has 6 heteroatoms. The maximum absolute atomic E-state index is 13.5. The predicted molar refractivity (Wildman–Crippen MR) is 116 cm³/mol. The summed E-state index contributed by atoms with van der Waals surface area (Å²) in [6.45, 7) is 4.39. The summed E-state index contributed by atoms with van der Waals surface area (Å²) in [4.78, 5) is 29.8. The van der Waals surface area contributed by atoms with Crippen LogP contribution in [0.25, 0.3) is 0 Å². The van der Waals surface area contributed by atoms with Crippen LogP contribution < -0.4 is 10.2 Å². The number of carbonyl (C=O) groups is 2. The minimum absolute atomic E-state index is 0.0224. The third-order valence-corrected chi connectivity index (χ3v) is 6.06. The monoisotopic (exact) mass is 411 g/mol. The van der Waals surface area contributed by atoms with Crippen LogP contribution >= 0.6 is 11.6 Å². The first kappa shape index (κ1) is 19.9. The van der Waals surface area contributed by atoms with E-state index in [4.69, 9.17) is 11.6 Å². The summed E-state index contributed by atoms with van der Waals surface area (Å²) in [6.07, 6.45) is 2.51. The Morgan fingerprint density at radius 3 is 2.59 bits per heavy atom. The number of nitrogens with zero attached hydrogens (tertiary/aromatic N) is 2. The van der Waals surface area contributed by atoms with Crippen molar-refractivity contribution in [1.82, 2.24) is 4.90 Å². The van der Waals surface area contributed by atoms with E-state index in [9.17, 15) is 9.59 Å². The van der Waals surface area contributed by atoms with Crippen LogP contribution in [0.1, 0.15) is 44.7 Å². The molecule has 0 aromatic heterocycles. The number of halogens is 1. The van der Waals surface area contributed by atoms with E-state index in [0.717, 1.165) is 24.1 Å². The first-order valence-corrected chi connectivity index (χ1v) is 10.5. The molecule has 1 saturated carbocycles. The first-order valence-electron chi connectivity index (χ1n) is 10.2. The largest absolute Gasteiger partial charge is 0.324 e. The lowest BCUT2D eigenvalue weighted by Crippen LogP contribution is -2.46. The second kappa shape index (κ2) is 8.17. The van der Waals surface area contributed by atoms with Gasteiger partial charge >= 0.3 is 0 Å². The van der Waals surface area contributed by atoms with Crippen LogP contribution in [0.15, 0.2) is 48.5 Å². The summed E-state index contributed by atoms with van der Waals surface area (Å²) >= 11 is 6.04. The molecule has 0 bridgehead atoms. The second-order valence-corrected chi connectivity index (χ2v) is 8.45. The smallest absolute Gasteiger partial charge is 0.241 e. The van der Waals surface area contributed by atoms with Gasteiger partial charge in [-0.3, -0.25) is 14.5 Å². The first-order chi connectivity index (χ1) is 13.9. The highest BCUT2D eigenvalue weighted by molar-refractivity contribution is 6.30. The topological polar surface area (TPSA) is 52.7 Å². The lowest BCUT2D eigenvalue weighted by Gasteiger charge is -2.34. The van der Waals surface area contributed by atoms with Crippen LogP contribution in [0.4, 0.5) is 11.4 Å². The molecule has 2 aromatic rings. The number of anilines is 2. The molecule has 2 aromatic carbocycles. The summed E-state index contributed by atoms with van der Waals surface area (Å²) in [5.74, 6) is -0.0389. The van der Waals surface area contributed by atoms with E-state index in [2.05, 4.69) is 17.1 Å². The third-order valence-electron chi connectivity index (χ3n) is 5.81. The number of fused-ring (bicyclic) bond motifs is 1. The van der Waals surface area contributed by atoms with Gasteiger partial charge in [0.05, 0.1) is 17.9 Å². The number of benzene rings is 2. The SMILES string of the molecule is C[C@@H]1CC(=O)Nc2ccccc2N1C(=O)CN(C1CC1)[C@@H](C)c1ccc(Cl)cc1. The summed E-state index contributed by atoms with van der Waals surface area (Å²) in [5.41, 5.74) is 2.61. The summed E-state index contributed by atoms with van der Waals surface area (Å²) in [7, 11) is 0. The summed E-state index contributed by atoms with van der Waals surface area (Å²) in [6, 6.07) is 15.7. The molecule has 1 aliphatic carbocycles. The number of carbonyl (C=O) groups excluding carboxylic acids is 2. The minimum atomic E-state index is -0.196. The van der Waals surface area contributed by atoms with Gasteiger partial charge in [-0.05, 0) is 56.5 Å². The van der Waals surface area contributed by atoms with Gasteiger partial charge in [0.2, 0.25) is 11.8 Å². The van der Waals surface area contributed by atoms with Gasteiger partial charge in [-0.15, -0.1) is 0 Å². The molecule has 2 atom stereocenters. The lowest BCUT2D eigenvalue weighted by molar-refractivity contribution is -0.121. The number of nitrogens with one attached hydrogen (secondary N) is 1. The predicted octanol–water partition coefficient (Wildman–Crippen LogP) is 4.63. The standard InChI is InChI=1S/C23H26ClN3O2/c1-15-13-22(28)25-20-5-3-4-6-21(20)27(15)23(29)14-26(19-11-12-19)16(2)17-7-9-18(24)10-8-17/h3-10,15-16,19H,11-14H2,1-2H3,(H,25,28)/t15-,16+/m1/s1. The number of amides is 2. The van der Waals surface area contributed by atoms with E-state index in [1.165, 1.54) is 0 Å². The van der Waals surface area contributed by atoms with Gasteiger partial charge < -0.3 is 10.2 Å². The molecule has 0 spiro atoms. The molecule has 1 N–H and O–H groups in total. The fourth-order valence-corrected chi connectivity index (χ4v) is 4.25. The summed E-state index contributed by atoms with van der Waals surface area (Å²) < 4.78 is 0. The van der Waals surface area contributed by atoms with Crippen molar-refractivity contribution in [2.24, 2.45) is 0 Å². The van der Waals surface area contributed by atoms with Crippen molar-refractivity contribution in [3.8, 4) is 0 Å². The molecule has 1 fully saturated rings. The van der Waals surface area contributed by atoms with Crippen molar-refractivity contribution in [3.63, 3.8) is 0 Å². The highest BCUT2D eigenvalue weighted by Crippen LogP contribution is 2.36. The molecular formula is C23H26ClN3O2. The van der Waals surface area contributed by atoms with Gasteiger partial charge in [-0.1, -0.05) is 35.9 Å². The molecule has 0 radical (unpaired) electrons. The van der Waals surface area contributed by atoms with Crippen LogP contribution in [0.5, 0.6) is 0 Å². The Hall–Kier alpha value is -2.37. The summed E-state index contributed by atoms with van der Waals surface area (Å²) in [5, 5.41) is 3.63. The zero-order valence-corrected chi connectivity index (χ0v) is 17.5. The Balaban J connectivity index is 1.59. The molecule has 1 heterocycles. The van der Waals surface area contributed by atoms with Crippen LogP contribution in [0.2, 0.25) is 5.02 Å². The van der Waals surface area contributed by atoms with Gasteiger partial charge in [0.15, 0.2) is 0 Å². The number of rotatable bonds is 5. The average Bonchev–Trinajstić information content (AvgIpc) is 3.53. The van der Waals surface area contributed by atoms with Gasteiger partial charge in [0.25, 0.3) is 0 Å². The lowest BCUT2D eigenvalue weighted by atomic mass is 10.1. The molecule has 2 amide bonds. The van der Waals surface area contributed by atoms with Crippen LogP contribution in [-0.4, -0.2) is 35.3 Å². The van der Waals surface area contributed by atoms with Gasteiger partial charge in [-0.2, -0.15) is 0 Å². The van der Waals surface area contributed by atoms with Gasteiger partial charge in [0, 0.05) is 29.6 Å². The van der Waals surface area contributed by atoms with Crippen molar-refractivity contribution >= 4 is 34.8 Å². The Morgan fingerprint density at radius 1 is 1.21 bits per heavy atom. The van der Waals surface area contributed by atoms with Crippen LogP contribution in [0, 0.1) is 0 Å². The molecular weight excluding hydrogens is 386 g/mol. The maximum atomic E-state index is 13.5. The normalized spacial score (nSPS) is 20.1. The molecule has 1 aliphatic heterocycles. The zero-order chi connectivity index (χ0) is 20.5. The quantitative estimate of drug-likeness (QED) is 0.780. The van der Waals surface area contributed by atoms with E-state index >= 15 is 0 Å². The van der Waals surface area contributed by atoms with Gasteiger partial charge in [-0.25, -0.2) is 0 Å². The highest BCUT2D eigenvalue weighted by atomic mass is 35.5. The fraction of sp³-hybridized carbons (Fsp3) is 0.391. The van der Waals surface area contributed by atoms with E-state index in [1.54, 1.807) is 4.90 Å². The number of hydrogen-bond donors (Lipinski definition) is 1. The Kier molecular flexibility index (Phi) is 5.61. The van der Waals surface area contributed by atoms with Crippen LogP contribution in [0.3, 0.4) is 0 Å². The molecule has 152 valence electrons. The van der Waals surface area contributed by atoms with Crippen molar-refractivity contribution < 1.29 is 9.59 Å². The third kappa shape index (κ3) is 4.31. The van der Waals surface area contributed by atoms with E-state index < -0.39 is 0 Å². The number of hydrogen-bond acceptors (Lipinski definition) is 3. The Bertz CT molecular complexity index is 911. The molecule has 4 rings (SSSR count). The average molecular weight is 412 g/mol. The Labute approximate surface area is 176 Å². The second-order valence-electron chi connectivity index (χ2n) is 8.01. The Morgan fingerprint density at radius 2 is 1.90 bits per heavy atom. The molecule has 29 heavy (non-hydrogen) atoms. The van der Waals surface area contributed by atoms with Crippen molar-refractivity contribution in [1.29, 1.82) is 0 Å². The maximum Gasteiger partial charge on any atom is 0.241 e. The fourth-order valence-electron chi connectivity index (χ4n) is 4.12. The van der Waals surface area contributed by atoms with E-state index in [0.29, 0.717) is 23.3 Å². The van der Waals surface area contributed by atoms with E-state index in [-0.39, 0.29) is 30.3 Å². The molecule has 0 unspecified atom stereocenters. The van der Waals surface area contributed by atoms with Crippen LogP contribution in [-0.2, 0) is 9.59 Å². The number of para-hydroxylation sites is 2. The molecule has 0 saturated heterocycles. The van der Waals surface area contributed by atoms with Crippen molar-refractivity contribution in [3.05, 3.63) is 59.1 Å². The highest BCUT2D eigenvalue weighted by Gasteiger charge is 2.37.